The monoisotopic (exact) mass is 334 g/mol. The van der Waals surface area contributed by atoms with E-state index in [1.165, 1.54) is 0 Å². The fourth-order valence-corrected chi connectivity index (χ4v) is 2.12. The Morgan fingerprint density at radius 1 is 1.21 bits per heavy atom. The predicted molar refractivity (Wildman–Crippen MR) is 93.1 cm³/mol. The van der Waals surface area contributed by atoms with Crippen molar-refractivity contribution in [3.8, 4) is 0 Å². The van der Waals surface area contributed by atoms with Gasteiger partial charge in [0, 0.05) is 33.0 Å². The summed E-state index contributed by atoms with van der Waals surface area (Å²) in [5.74, 6) is 1.58. The largest absolute Gasteiger partial charge is 0.382 e. The third-order valence-corrected chi connectivity index (χ3v) is 3.30. The summed E-state index contributed by atoms with van der Waals surface area (Å²) < 4.78 is 12.3. The average Bonchev–Trinajstić information content (AvgIpc) is 3.02. The van der Waals surface area contributed by atoms with Crippen molar-refractivity contribution in [3.63, 3.8) is 0 Å². The van der Waals surface area contributed by atoms with Crippen molar-refractivity contribution in [2.45, 2.75) is 19.9 Å². The van der Waals surface area contributed by atoms with E-state index >= 15 is 0 Å². The first-order valence-corrected chi connectivity index (χ1v) is 8.22. The molecule has 0 saturated heterocycles. The van der Waals surface area contributed by atoms with Gasteiger partial charge in [-0.25, -0.2) is 4.99 Å². The first-order chi connectivity index (χ1) is 11.8. The van der Waals surface area contributed by atoms with Gasteiger partial charge in [0.25, 0.3) is 0 Å². The Labute approximate surface area is 142 Å². The summed E-state index contributed by atoms with van der Waals surface area (Å²) in [4.78, 5) is 4.56. The number of rotatable bonds is 10. The van der Waals surface area contributed by atoms with E-state index in [0.717, 1.165) is 36.9 Å². The van der Waals surface area contributed by atoms with Crippen molar-refractivity contribution in [3.05, 3.63) is 30.2 Å². The lowest BCUT2D eigenvalue weighted by molar-refractivity contribution is 0.0698. The van der Waals surface area contributed by atoms with Crippen molar-refractivity contribution < 1.29 is 9.47 Å². The van der Waals surface area contributed by atoms with Crippen LogP contribution in [0.15, 0.2) is 29.4 Å². The highest BCUT2D eigenvalue weighted by Gasteiger charge is 2.04. The lowest BCUT2D eigenvalue weighted by Crippen LogP contribution is -2.38. The van der Waals surface area contributed by atoms with Gasteiger partial charge in [-0.1, -0.05) is 6.07 Å². The van der Waals surface area contributed by atoms with Crippen molar-refractivity contribution in [2.75, 3.05) is 40.0 Å². The van der Waals surface area contributed by atoms with Crippen molar-refractivity contribution >= 4 is 11.6 Å². The lowest BCUT2D eigenvalue weighted by atomic mass is 10.4. The summed E-state index contributed by atoms with van der Waals surface area (Å²) in [6.45, 7) is 6.05. The molecule has 0 fully saturated rings. The molecule has 2 aromatic rings. The summed E-state index contributed by atoms with van der Waals surface area (Å²) in [6.07, 6.45) is 2.85. The Morgan fingerprint density at radius 3 is 2.96 bits per heavy atom. The van der Waals surface area contributed by atoms with E-state index < -0.39 is 0 Å². The molecule has 2 aromatic heterocycles. The fourth-order valence-electron chi connectivity index (χ4n) is 2.12. The van der Waals surface area contributed by atoms with Crippen LogP contribution in [0, 0.1) is 0 Å². The molecular formula is C16H26N6O2. The van der Waals surface area contributed by atoms with Crippen LogP contribution in [0.4, 0.5) is 0 Å². The zero-order chi connectivity index (χ0) is 17.0. The van der Waals surface area contributed by atoms with Gasteiger partial charge in [-0.3, -0.25) is 4.40 Å². The summed E-state index contributed by atoms with van der Waals surface area (Å²) in [5, 5.41) is 14.8. The Morgan fingerprint density at radius 2 is 2.12 bits per heavy atom. The number of guanidine groups is 1. The predicted octanol–water partition coefficient (Wildman–Crippen LogP) is 0.838. The van der Waals surface area contributed by atoms with E-state index in [1.807, 2.05) is 35.7 Å². The number of hydrogen-bond donors (Lipinski definition) is 2. The van der Waals surface area contributed by atoms with Gasteiger partial charge in [0.15, 0.2) is 17.4 Å². The van der Waals surface area contributed by atoms with E-state index in [9.17, 15) is 0 Å². The van der Waals surface area contributed by atoms with Crippen molar-refractivity contribution in [2.24, 2.45) is 4.99 Å². The Bertz CT molecular complexity index is 628. The SMILES string of the molecule is CCNC(=NCc1nnc2ccccn12)NCCCOCCOC. The van der Waals surface area contributed by atoms with Gasteiger partial charge in [0.05, 0.1) is 13.2 Å². The maximum absolute atomic E-state index is 5.44. The molecular weight excluding hydrogens is 308 g/mol. The zero-order valence-electron chi connectivity index (χ0n) is 14.4. The van der Waals surface area contributed by atoms with Gasteiger partial charge >= 0.3 is 0 Å². The van der Waals surface area contributed by atoms with Gasteiger partial charge in [-0.15, -0.1) is 10.2 Å². The zero-order valence-corrected chi connectivity index (χ0v) is 14.4. The number of ether oxygens (including phenoxy) is 2. The quantitative estimate of drug-likeness (QED) is 0.380. The molecule has 2 N–H and O–H groups in total. The average molecular weight is 334 g/mol. The summed E-state index contributed by atoms with van der Waals surface area (Å²) in [5.41, 5.74) is 0.828. The van der Waals surface area contributed by atoms with Gasteiger partial charge < -0.3 is 20.1 Å². The van der Waals surface area contributed by atoms with Crippen LogP contribution in [-0.4, -0.2) is 60.6 Å². The summed E-state index contributed by atoms with van der Waals surface area (Å²) in [7, 11) is 1.67. The molecule has 0 amide bonds. The Balaban J connectivity index is 1.80. The first kappa shape index (κ1) is 18.2. The number of methoxy groups -OCH3 is 1. The molecule has 0 aliphatic rings. The molecule has 132 valence electrons. The Kier molecular flexibility index (Phi) is 7.99. The second-order valence-electron chi connectivity index (χ2n) is 5.13. The van der Waals surface area contributed by atoms with E-state index in [0.29, 0.717) is 26.4 Å². The van der Waals surface area contributed by atoms with Crippen LogP contribution >= 0.6 is 0 Å². The standard InChI is InChI=1S/C16H26N6O2/c1-3-17-16(18-8-6-10-24-12-11-23-2)19-13-15-21-20-14-7-4-5-9-22(14)15/h4-5,7,9H,3,6,8,10-13H2,1-2H3,(H2,17,18,19). The molecule has 8 heteroatoms. The molecule has 0 aliphatic heterocycles. The topological polar surface area (TPSA) is 85.1 Å². The molecule has 0 unspecified atom stereocenters. The smallest absolute Gasteiger partial charge is 0.191 e. The normalized spacial score (nSPS) is 11.8. The molecule has 2 heterocycles. The minimum Gasteiger partial charge on any atom is -0.382 e. The molecule has 0 aliphatic carbocycles. The molecule has 2 rings (SSSR count). The van der Waals surface area contributed by atoms with E-state index in [-0.39, 0.29) is 0 Å². The van der Waals surface area contributed by atoms with Crippen molar-refractivity contribution in [1.82, 2.24) is 25.2 Å². The van der Waals surface area contributed by atoms with Gasteiger partial charge in [0.2, 0.25) is 0 Å². The molecule has 0 spiro atoms. The number of nitrogens with zero attached hydrogens (tertiary/aromatic N) is 4. The van der Waals surface area contributed by atoms with Crippen LogP contribution in [0.1, 0.15) is 19.2 Å². The van der Waals surface area contributed by atoms with Crippen molar-refractivity contribution in [1.29, 1.82) is 0 Å². The lowest BCUT2D eigenvalue weighted by Gasteiger charge is -2.11. The Hall–Kier alpha value is -2.19. The van der Waals surface area contributed by atoms with E-state index in [1.54, 1.807) is 7.11 Å². The molecule has 24 heavy (non-hydrogen) atoms. The maximum atomic E-state index is 5.44. The number of hydrogen-bond acceptors (Lipinski definition) is 5. The molecule has 0 atom stereocenters. The third-order valence-electron chi connectivity index (χ3n) is 3.30. The third kappa shape index (κ3) is 5.78. The van der Waals surface area contributed by atoms with E-state index in [4.69, 9.17) is 9.47 Å². The summed E-state index contributed by atoms with van der Waals surface area (Å²) >= 11 is 0. The fraction of sp³-hybridized carbons (Fsp3) is 0.562. The molecule has 0 aromatic carbocycles. The molecule has 0 saturated carbocycles. The molecule has 8 nitrogen and oxygen atoms in total. The summed E-state index contributed by atoms with van der Waals surface area (Å²) in [6, 6.07) is 5.82. The highest BCUT2D eigenvalue weighted by Crippen LogP contribution is 2.03. The number of aromatic nitrogens is 3. The second kappa shape index (κ2) is 10.6. The highest BCUT2D eigenvalue weighted by atomic mass is 16.5. The second-order valence-corrected chi connectivity index (χ2v) is 5.13. The van der Waals surface area contributed by atoms with Gasteiger partial charge in [0.1, 0.15) is 6.54 Å². The maximum Gasteiger partial charge on any atom is 0.191 e. The number of fused-ring (bicyclic) bond motifs is 1. The van der Waals surface area contributed by atoms with Gasteiger partial charge in [-0.2, -0.15) is 0 Å². The van der Waals surface area contributed by atoms with Crippen LogP contribution in [0.2, 0.25) is 0 Å². The van der Waals surface area contributed by atoms with Crippen LogP contribution in [0.5, 0.6) is 0 Å². The molecule has 0 radical (unpaired) electrons. The van der Waals surface area contributed by atoms with Gasteiger partial charge in [-0.05, 0) is 25.5 Å². The first-order valence-electron chi connectivity index (χ1n) is 8.22. The van der Waals surface area contributed by atoms with Crippen LogP contribution in [0.3, 0.4) is 0 Å². The van der Waals surface area contributed by atoms with Crippen LogP contribution < -0.4 is 10.6 Å². The number of pyridine rings is 1. The molecule has 0 bridgehead atoms. The van der Waals surface area contributed by atoms with Crippen LogP contribution in [-0.2, 0) is 16.0 Å². The van der Waals surface area contributed by atoms with Crippen LogP contribution in [0.25, 0.3) is 5.65 Å². The number of aliphatic imine (C=N–C) groups is 1. The van der Waals surface area contributed by atoms with E-state index in [2.05, 4.69) is 25.8 Å². The number of nitrogens with one attached hydrogen (secondary N) is 2. The minimum absolute atomic E-state index is 0.463. The minimum atomic E-state index is 0.463. The highest BCUT2D eigenvalue weighted by molar-refractivity contribution is 5.79.